The van der Waals surface area contributed by atoms with E-state index in [-0.39, 0.29) is 5.91 Å². The number of ether oxygens (including phenoxy) is 1. The van der Waals surface area contributed by atoms with Crippen molar-refractivity contribution in [2.45, 2.75) is 25.9 Å². The summed E-state index contributed by atoms with van der Waals surface area (Å²) in [5.74, 6) is 2.91. The molecule has 0 saturated heterocycles. The number of hydrogen-bond donors (Lipinski definition) is 1. The molecule has 0 aliphatic carbocycles. The summed E-state index contributed by atoms with van der Waals surface area (Å²) in [5, 5.41) is 14.1. The van der Waals surface area contributed by atoms with Gasteiger partial charge in [0.15, 0.2) is 5.76 Å². The third-order valence-corrected chi connectivity index (χ3v) is 6.17. The Hall–Kier alpha value is -3.65. The Morgan fingerprint density at radius 2 is 2.00 bits per heavy atom. The second kappa shape index (κ2) is 9.46. The van der Waals surface area contributed by atoms with Gasteiger partial charge in [-0.3, -0.25) is 9.69 Å². The number of nitrogens with one attached hydrogen (secondary N) is 1. The number of aromatic nitrogens is 3. The lowest BCUT2D eigenvalue weighted by Crippen LogP contribution is -2.28. The highest BCUT2D eigenvalue weighted by Gasteiger charge is 2.20. The van der Waals surface area contributed by atoms with Gasteiger partial charge in [0, 0.05) is 51.1 Å². The molecule has 8 nitrogen and oxygen atoms in total. The van der Waals surface area contributed by atoms with Gasteiger partial charge in [0.25, 0.3) is 5.91 Å². The van der Waals surface area contributed by atoms with Gasteiger partial charge < -0.3 is 19.0 Å². The Morgan fingerprint density at radius 3 is 2.85 bits per heavy atom. The van der Waals surface area contributed by atoms with Crippen molar-refractivity contribution >= 4 is 16.7 Å². The first kappa shape index (κ1) is 21.2. The maximum Gasteiger partial charge on any atom is 0.286 e. The summed E-state index contributed by atoms with van der Waals surface area (Å²) < 4.78 is 13.0. The predicted molar refractivity (Wildman–Crippen MR) is 124 cm³/mol. The van der Waals surface area contributed by atoms with Crippen LogP contribution < -0.4 is 10.1 Å². The highest BCUT2D eigenvalue weighted by Crippen LogP contribution is 2.29. The molecule has 0 saturated carbocycles. The van der Waals surface area contributed by atoms with E-state index in [1.807, 2.05) is 0 Å². The van der Waals surface area contributed by atoms with Crippen LogP contribution in [0.3, 0.4) is 0 Å². The molecule has 0 atom stereocenters. The molecular formula is C25H27N5O3. The lowest BCUT2D eigenvalue weighted by molar-refractivity contribution is 0.0926. The van der Waals surface area contributed by atoms with Crippen LogP contribution in [-0.2, 0) is 25.9 Å². The largest absolute Gasteiger partial charge is 0.496 e. The van der Waals surface area contributed by atoms with E-state index in [2.05, 4.69) is 61.4 Å². The van der Waals surface area contributed by atoms with Crippen LogP contribution in [0.25, 0.3) is 10.8 Å². The van der Waals surface area contributed by atoms with Crippen LogP contribution in [0.15, 0.2) is 59.2 Å². The van der Waals surface area contributed by atoms with Crippen LogP contribution >= 0.6 is 0 Å². The smallest absolute Gasteiger partial charge is 0.286 e. The average molecular weight is 446 g/mol. The second-order valence-corrected chi connectivity index (χ2v) is 8.16. The summed E-state index contributed by atoms with van der Waals surface area (Å²) in [6.45, 7) is 3.91. The minimum atomic E-state index is -0.217. The summed E-state index contributed by atoms with van der Waals surface area (Å²) >= 11 is 0. The van der Waals surface area contributed by atoms with Gasteiger partial charge in [0.2, 0.25) is 0 Å². The van der Waals surface area contributed by atoms with Gasteiger partial charge in [0.05, 0.1) is 13.4 Å². The molecule has 1 aliphatic rings. The summed E-state index contributed by atoms with van der Waals surface area (Å²) in [6.07, 6.45) is 2.95. The Kier molecular flexibility index (Phi) is 6.08. The highest BCUT2D eigenvalue weighted by molar-refractivity contribution is 5.91. The maximum atomic E-state index is 12.1. The molecule has 0 unspecified atom stereocenters. The summed E-state index contributed by atoms with van der Waals surface area (Å²) in [4.78, 5) is 14.5. The minimum Gasteiger partial charge on any atom is -0.496 e. The van der Waals surface area contributed by atoms with Gasteiger partial charge in [-0.05, 0) is 29.0 Å². The quantitative estimate of drug-likeness (QED) is 0.471. The lowest BCUT2D eigenvalue weighted by atomic mass is 10.0. The zero-order valence-corrected chi connectivity index (χ0v) is 18.7. The van der Waals surface area contributed by atoms with Crippen molar-refractivity contribution in [3.8, 4) is 5.75 Å². The van der Waals surface area contributed by atoms with Gasteiger partial charge in [-0.2, -0.15) is 0 Å². The second-order valence-electron chi connectivity index (χ2n) is 8.16. The molecule has 5 rings (SSSR count). The van der Waals surface area contributed by atoms with Crippen molar-refractivity contribution in [1.29, 1.82) is 0 Å². The molecule has 0 spiro atoms. The number of furan rings is 1. The van der Waals surface area contributed by atoms with Crippen LogP contribution in [0.2, 0.25) is 0 Å². The molecule has 0 radical (unpaired) electrons. The van der Waals surface area contributed by atoms with Crippen molar-refractivity contribution in [3.05, 3.63) is 77.8 Å². The van der Waals surface area contributed by atoms with Crippen LogP contribution in [0.1, 0.15) is 27.8 Å². The molecule has 170 valence electrons. The van der Waals surface area contributed by atoms with Crippen molar-refractivity contribution in [2.24, 2.45) is 0 Å². The first-order valence-corrected chi connectivity index (χ1v) is 11.2. The van der Waals surface area contributed by atoms with E-state index in [1.165, 1.54) is 22.6 Å². The van der Waals surface area contributed by atoms with Crippen molar-refractivity contribution < 1.29 is 13.9 Å². The highest BCUT2D eigenvalue weighted by atomic mass is 16.5. The van der Waals surface area contributed by atoms with E-state index in [0.717, 1.165) is 50.0 Å². The van der Waals surface area contributed by atoms with E-state index in [1.54, 1.807) is 19.2 Å². The molecule has 3 heterocycles. The zero-order valence-electron chi connectivity index (χ0n) is 18.7. The lowest BCUT2D eigenvalue weighted by Gasteiger charge is -2.22. The molecule has 0 fully saturated rings. The number of carbonyl (C=O) groups is 1. The van der Waals surface area contributed by atoms with Gasteiger partial charge in [-0.1, -0.05) is 30.3 Å². The van der Waals surface area contributed by atoms with Gasteiger partial charge in [0.1, 0.15) is 17.4 Å². The number of amides is 1. The van der Waals surface area contributed by atoms with Crippen molar-refractivity contribution in [1.82, 2.24) is 25.0 Å². The van der Waals surface area contributed by atoms with Crippen LogP contribution in [0, 0.1) is 0 Å². The minimum absolute atomic E-state index is 0.217. The normalized spacial score (nSPS) is 14.1. The number of rotatable bonds is 7. The first-order chi connectivity index (χ1) is 16.2. The predicted octanol–water partition coefficient (Wildman–Crippen LogP) is 3.06. The van der Waals surface area contributed by atoms with Crippen LogP contribution in [0.5, 0.6) is 5.75 Å². The summed E-state index contributed by atoms with van der Waals surface area (Å²) in [6, 6.07) is 16.0. The fourth-order valence-corrected chi connectivity index (χ4v) is 4.45. The number of benzene rings is 2. The maximum absolute atomic E-state index is 12.1. The molecule has 33 heavy (non-hydrogen) atoms. The molecular weight excluding hydrogens is 418 g/mol. The number of methoxy groups -OCH3 is 1. The molecule has 2 aromatic heterocycles. The van der Waals surface area contributed by atoms with E-state index in [0.29, 0.717) is 18.7 Å². The van der Waals surface area contributed by atoms with Crippen molar-refractivity contribution in [3.63, 3.8) is 0 Å². The Bertz CT molecular complexity index is 1250. The Morgan fingerprint density at radius 1 is 1.09 bits per heavy atom. The standard InChI is InChI=1S/C25H27N5O3/c1-32-21-9-8-18-5-2-3-6-19(18)20(21)17-29-13-11-24-28-27-23(30(24)15-14-29)10-12-26-25(31)22-7-4-16-33-22/h2-9,16H,10-15,17H2,1H3,(H,26,31). The van der Waals surface area contributed by atoms with Crippen LogP contribution in [-0.4, -0.2) is 52.3 Å². The van der Waals surface area contributed by atoms with Crippen LogP contribution in [0.4, 0.5) is 0 Å². The van der Waals surface area contributed by atoms with Gasteiger partial charge in [-0.15, -0.1) is 10.2 Å². The molecule has 8 heteroatoms. The Labute approximate surface area is 192 Å². The van der Waals surface area contributed by atoms with Gasteiger partial charge in [-0.25, -0.2) is 0 Å². The van der Waals surface area contributed by atoms with Crippen molar-refractivity contribution in [2.75, 3.05) is 26.7 Å². The molecule has 4 aromatic rings. The van der Waals surface area contributed by atoms with E-state index in [4.69, 9.17) is 9.15 Å². The Balaban J connectivity index is 1.24. The van der Waals surface area contributed by atoms with Gasteiger partial charge >= 0.3 is 0 Å². The topological polar surface area (TPSA) is 85.4 Å². The molecule has 1 amide bonds. The van der Waals surface area contributed by atoms with E-state index < -0.39 is 0 Å². The summed E-state index contributed by atoms with van der Waals surface area (Å²) in [5.41, 5.74) is 1.22. The number of fused-ring (bicyclic) bond motifs is 2. The number of carbonyl (C=O) groups excluding carboxylic acids is 1. The fraction of sp³-hybridized carbons (Fsp3) is 0.320. The van der Waals surface area contributed by atoms with E-state index >= 15 is 0 Å². The monoisotopic (exact) mass is 445 g/mol. The third kappa shape index (κ3) is 4.47. The average Bonchev–Trinajstić information content (AvgIpc) is 3.47. The third-order valence-electron chi connectivity index (χ3n) is 6.17. The molecule has 1 N–H and O–H groups in total. The molecule has 0 bridgehead atoms. The zero-order chi connectivity index (χ0) is 22.6. The molecule has 1 aliphatic heterocycles. The SMILES string of the molecule is COc1ccc2ccccc2c1CN1CCc2nnc(CCNC(=O)c3ccco3)n2CC1. The first-order valence-electron chi connectivity index (χ1n) is 11.2. The fourth-order valence-electron chi connectivity index (χ4n) is 4.45. The number of nitrogens with zero attached hydrogens (tertiary/aromatic N) is 4. The number of hydrogen-bond acceptors (Lipinski definition) is 6. The van der Waals surface area contributed by atoms with E-state index in [9.17, 15) is 4.79 Å². The summed E-state index contributed by atoms with van der Waals surface area (Å²) in [7, 11) is 1.73. The molecule has 2 aromatic carbocycles.